The van der Waals surface area contributed by atoms with Crippen molar-refractivity contribution in [3.05, 3.63) is 52.8 Å². The Labute approximate surface area is 128 Å². The molecule has 0 aliphatic carbocycles. The fraction of sp³-hybridized carbons (Fsp3) is 0.375. The first-order valence-electron chi connectivity index (χ1n) is 7.26. The number of aromatic nitrogens is 2. The number of carboxylic acids is 1. The number of nitrogens with one attached hydrogen (secondary N) is 1. The van der Waals surface area contributed by atoms with Crippen LogP contribution in [-0.2, 0) is 12.1 Å². The van der Waals surface area contributed by atoms with Gasteiger partial charge in [0.2, 0.25) is 0 Å². The Kier molecular flexibility index (Phi) is 3.72. The van der Waals surface area contributed by atoms with E-state index in [1.54, 1.807) is 0 Å². The summed E-state index contributed by atoms with van der Waals surface area (Å²) in [5, 5.41) is 26.3. The van der Waals surface area contributed by atoms with Crippen molar-refractivity contribution >= 4 is 5.97 Å². The highest BCUT2D eigenvalue weighted by molar-refractivity contribution is 5.86. The maximum absolute atomic E-state index is 11.1. The van der Waals surface area contributed by atoms with E-state index >= 15 is 0 Å². The van der Waals surface area contributed by atoms with Gasteiger partial charge in [0, 0.05) is 25.2 Å². The Morgan fingerprint density at radius 3 is 2.95 bits per heavy atom. The van der Waals surface area contributed by atoms with Crippen LogP contribution in [0.2, 0.25) is 0 Å². The van der Waals surface area contributed by atoms with Gasteiger partial charge in [-0.25, -0.2) is 4.79 Å². The topological polar surface area (TPSA) is 89.5 Å². The van der Waals surface area contributed by atoms with Gasteiger partial charge in [-0.05, 0) is 24.5 Å². The number of aliphatic hydroxyl groups is 1. The molecule has 1 aliphatic heterocycles. The van der Waals surface area contributed by atoms with Gasteiger partial charge < -0.3 is 10.2 Å². The van der Waals surface area contributed by atoms with E-state index in [4.69, 9.17) is 5.11 Å². The van der Waals surface area contributed by atoms with Crippen LogP contribution in [0.5, 0.6) is 0 Å². The average molecular weight is 301 g/mol. The minimum absolute atomic E-state index is 0.117. The molecule has 0 radical (unpaired) electrons. The lowest BCUT2D eigenvalue weighted by atomic mass is 9.89. The molecule has 116 valence electrons. The molecule has 1 atom stereocenters. The molecule has 1 aliphatic rings. The van der Waals surface area contributed by atoms with Crippen LogP contribution in [0.25, 0.3) is 0 Å². The molecule has 6 heteroatoms. The van der Waals surface area contributed by atoms with Crippen LogP contribution in [-0.4, -0.2) is 44.4 Å². The summed E-state index contributed by atoms with van der Waals surface area (Å²) in [6, 6.07) is 7.84. The number of aromatic amines is 1. The molecule has 0 amide bonds. The first-order valence-corrected chi connectivity index (χ1v) is 7.26. The SMILES string of the molecule is Cc1ccccc1[C@@]1(O)CCN(Cc2cn[nH]c2C(=O)O)C1. The van der Waals surface area contributed by atoms with Crippen molar-refractivity contribution in [3.63, 3.8) is 0 Å². The number of aryl methyl sites for hydroxylation is 1. The Hall–Kier alpha value is -2.18. The zero-order valence-corrected chi connectivity index (χ0v) is 12.4. The van der Waals surface area contributed by atoms with Crippen LogP contribution >= 0.6 is 0 Å². The van der Waals surface area contributed by atoms with Gasteiger partial charge >= 0.3 is 5.97 Å². The number of hydrogen-bond acceptors (Lipinski definition) is 4. The van der Waals surface area contributed by atoms with E-state index in [1.807, 2.05) is 31.2 Å². The number of aromatic carboxylic acids is 1. The minimum Gasteiger partial charge on any atom is -0.477 e. The average Bonchev–Trinajstić information content (AvgIpc) is 3.07. The van der Waals surface area contributed by atoms with Crippen molar-refractivity contribution in [2.24, 2.45) is 0 Å². The highest BCUT2D eigenvalue weighted by atomic mass is 16.4. The molecule has 6 nitrogen and oxygen atoms in total. The first-order chi connectivity index (χ1) is 10.5. The summed E-state index contributed by atoms with van der Waals surface area (Å²) in [4.78, 5) is 13.2. The van der Waals surface area contributed by atoms with Crippen molar-refractivity contribution in [1.29, 1.82) is 0 Å². The molecule has 1 saturated heterocycles. The molecule has 2 heterocycles. The Morgan fingerprint density at radius 2 is 2.23 bits per heavy atom. The number of rotatable bonds is 4. The number of carbonyl (C=O) groups is 1. The number of H-pyrrole nitrogens is 1. The van der Waals surface area contributed by atoms with E-state index in [2.05, 4.69) is 15.1 Å². The van der Waals surface area contributed by atoms with Gasteiger partial charge in [-0.1, -0.05) is 24.3 Å². The summed E-state index contributed by atoms with van der Waals surface area (Å²) in [5.41, 5.74) is 1.90. The smallest absolute Gasteiger partial charge is 0.354 e. The third-order valence-electron chi connectivity index (χ3n) is 4.30. The van der Waals surface area contributed by atoms with E-state index in [0.29, 0.717) is 25.1 Å². The zero-order chi connectivity index (χ0) is 15.7. The van der Waals surface area contributed by atoms with Crippen molar-refractivity contribution in [2.75, 3.05) is 13.1 Å². The third kappa shape index (κ3) is 2.63. The number of hydrogen-bond donors (Lipinski definition) is 3. The number of likely N-dealkylation sites (tertiary alicyclic amines) is 1. The second-order valence-electron chi connectivity index (χ2n) is 5.88. The summed E-state index contributed by atoms with van der Waals surface area (Å²) >= 11 is 0. The second-order valence-corrected chi connectivity index (χ2v) is 5.88. The molecule has 3 rings (SSSR count). The highest BCUT2D eigenvalue weighted by Gasteiger charge is 2.38. The third-order valence-corrected chi connectivity index (χ3v) is 4.30. The lowest BCUT2D eigenvalue weighted by Gasteiger charge is -2.25. The van der Waals surface area contributed by atoms with Crippen LogP contribution in [0, 0.1) is 6.92 Å². The van der Waals surface area contributed by atoms with Gasteiger partial charge in [0.25, 0.3) is 0 Å². The number of benzene rings is 1. The molecule has 22 heavy (non-hydrogen) atoms. The zero-order valence-electron chi connectivity index (χ0n) is 12.4. The Morgan fingerprint density at radius 1 is 1.45 bits per heavy atom. The van der Waals surface area contributed by atoms with Crippen LogP contribution in [0.4, 0.5) is 0 Å². The van der Waals surface area contributed by atoms with E-state index in [1.165, 1.54) is 6.20 Å². The minimum atomic E-state index is -1.01. The normalized spacial score (nSPS) is 22.1. The molecule has 1 fully saturated rings. The molecule has 0 bridgehead atoms. The predicted molar refractivity (Wildman–Crippen MR) is 80.5 cm³/mol. The largest absolute Gasteiger partial charge is 0.477 e. The Balaban J connectivity index is 1.76. The lowest BCUT2D eigenvalue weighted by molar-refractivity contribution is 0.0446. The molecule has 0 unspecified atom stereocenters. The molecular weight excluding hydrogens is 282 g/mol. The molecule has 1 aromatic carbocycles. The van der Waals surface area contributed by atoms with Gasteiger partial charge in [0.15, 0.2) is 0 Å². The van der Waals surface area contributed by atoms with Gasteiger partial charge in [-0.2, -0.15) is 5.10 Å². The predicted octanol–water partition coefficient (Wildman–Crippen LogP) is 1.51. The van der Waals surface area contributed by atoms with Crippen LogP contribution < -0.4 is 0 Å². The first kappa shape index (κ1) is 14.7. The number of nitrogens with zero attached hydrogens (tertiary/aromatic N) is 2. The molecule has 0 spiro atoms. The van der Waals surface area contributed by atoms with E-state index in [9.17, 15) is 9.90 Å². The summed E-state index contributed by atoms with van der Waals surface area (Å²) in [7, 11) is 0. The fourth-order valence-corrected chi connectivity index (χ4v) is 3.18. The summed E-state index contributed by atoms with van der Waals surface area (Å²) in [6.07, 6.45) is 2.17. The van der Waals surface area contributed by atoms with Crippen LogP contribution in [0.3, 0.4) is 0 Å². The van der Waals surface area contributed by atoms with Crippen molar-refractivity contribution in [1.82, 2.24) is 15.1 Å². The lowest BCUT2D eigenvalue weighted by Crippen LogP contribution is -2.31. The van der Waals surface area contributed by atoms with Crippen LogP contribution in [0.1, 0.15) is 33.6 Å². The van der Waals surface area contributed by atoms with Crippen LogP contribution in [0.15, 0.2) is 30.5 Å². The van der Waals surface area contributed by atoms with Crippen molar-refractivity contribution in [2.45, 2.75) is 25.5 Å². The van der Waals surface area contributed by atoms with Crippen molar-refractivity contribution in [3.8, 4) is 0 Å². The maximum Gasteiger partial charge on any atom is 0.354 e. The van der Waals surface area contributed by atoms with Gasteiger partial charge in [0.05, 0.1) is 6.20 Å². The second kappa shape index (κ2) is 5.55. The fourth-order valence-electron chi connectivity index (χ4n) is 3.18. The Bertz CT molecular complexity index is 697. The molecule has 0 saturated carbocycles. The molecule has 3 N–H and O–H groups in total. The highest BCUT2D eigenvalue weighted by Crippen LogP contribution is 2.34. The quantitative estimate of drug-likeness (QED) is 0.796. The summed E-state index contributed by atoms with van der Waals surface area (Å²) in [5.74, 6) is -1.01. The van der Waals surface area contributed by atoms with Gasteiger partial charge in [-0.3, -0.25) is 10.00 Å². The molecule has 2 aromatic rings. The summed E-state index contributed by atoms with van der Waals surface area (Å²) in [6.45, 7) is 3.66. The standard InChI is InChI=1S/C16H19N3O3/c1-11-4-2-3-5-13(11)16(22)6-7-19(10-16)9-12-8-17-18-14(12)15(20)21/h2-5,8,22H,6-7,9-10H2,1H3,(H,17,18)(H,20,21)/t16-/m1/s1. The van der Waals surface area contributed by atoms with Crippen molar-refractivity contribution < 1.29 is 15.0 Å². The van der Waals surface area contributed by atoms with Gasteiger partial charge in [0.1, 0.15) is 11.3 Å². The number of carboxylic acid groups (broad SMARTS) is 1. The molecular formula is C16H19N3O3. The molecule has 1 aromatic heterocycles. The summed E-state index contributed by atoms with van der Waals surface area (Å²) < 4.78 is 0. The maximum atomic E-state index is 11.1. The van der Waals surface area contributed by atoms with E-state index in [-0.39, 0.29) is 5.69 Å². The monoisotopic (exact) mass is 301 g/mol. The number of β-amino-alcohol motifs (C(OH)–C–C–N with tert-alkyl or cyclic N) is 1. The van der Waals surface area contributed by atoms with E-state index in [0.717, 1.165) is 17.7 Å². The van der Waals surface area contributed by atoms with Gasteiger partial charge in [-0.15, -0.1) is 0 Å². The van der Waals surface area contributed by atoms with E-state index < -0.39 is 11.6 Å².